The molecule has 3 heterocycles. The molecular weight excluding hydrogens is 608 g/mol. The van der Waals surface area contributed by atoms with Crippen molar-refractivity contribution in [2.75, 3.05) is 20.3 Å². The average Bonchev–Trinajstić information content (AvgIpc) is 3.54. The average molecular weight is 639 g/mol. The van der Waals surface area contributed by atoms with Crippen LogP contribution in [-0.2, 0) is 35.2 Å². The van der Waals surface area contributed by atoms with Crippen LogP contribution < -0.4 is 10.1 Å². The number of aliphatic carboxylic acids is 1. The number of tetrazole rings is 1. The molecule has 0 saturated carbocycles. The minimum absolute atomic E-state index is 0.116. The Kier molecular flexibility index (Phi) is 9.45. The third kappa shape index (κ3) is 6.38. The number of nitrogens with one attached hydrogen (secondary N) is 2. The molecule has 3 N–H and O–H groups in total. The molecule has 2 amide bonds. The maximum atomic E-state index is 13.9. The molecule has 0 radical (unpaired) electrons. The number of hydrogen-bond donors (Lipinski definition) is 3. The maximum Gasteiger partial charge on any atom is 0.355 e. The fourth-order valence-corrected chi connectivity index (χ4v) is 6.04. The molecule has 236 valence electrons. The molecule has 45 heavy (non-hydrogen) atoms. The second-order valence-electron chi connectivity index (χ2n) is 10.00. The number of H-pyrrole nitrogens is 1. The van der Waals surface area contributed by atoms with Crippen LogP contribution in [0.25, 0.3) is 0 Å². The highest BCUT2D eigenvalue weighted by Gasteiger charge is 2.68. The van der Waals surface area contributed by atoms with Crippen molar-refractivity contribution in [2.24, 2.45) is 0 Å². The topological polar surface area (TPSA) is 195 Å². The van der Waals surface area contributed by atoms with Gasteiger partial charge in [-0.3, -0.25) is 19.3 Å². The normalized spacial score (nSPS) is 19.8. The van der Waals surface area contributed by atoms with E-state index < -0.39 is 47.4 Å². The highest BCUT2D eigenvalue weighted by Crippen LogP contribution is 2.44. The number of esters is 1. The van der Waals surface area contributed by atoms with Crippen LogP contribution in [0.15, 0.2) is 65.0 Å². The monoisotopic (exact) mass is 638 g/mol. The van der Waals surface area contributed by atoms with Crippen molar-refractivity contribution in [1.82, 2.24) is 30.8 Å². The largest absolute Gasteiger partial charge is 0.493 e. The number of nitrogens with zero attached hydrogens (tertiary/aromatic N) is 4. The van der Waals surface area contributed by atoms with Crippen LogP contribution in [0.1, 0.15) is 34.8 Å². The number of carboxylic acids is 1. The number of carbonyl (C=O) groups is 4. The van der Waals surface area contributed by atoms with E-state index in [1.807, 2.05) is 25.1 Å². The van der Waals surface area contributed by atoms with E-state index >= 15 is 0 Å². The van der Waals surface area contributed by atoms with Gasteiger partial charge in [0.2, 0.25) is 5.16 Å². The van der Waals surface area contributed by atoms with Crippen LogP contribution in [0.2, 0.25) is 0 Å². The Morgan fingerprint density at radius 3 is 2.73 bits per heavy atom. The zero-order valence-corrected chi connectivity index (χ0v) is 25.3. The summed E-state index contributed by atoms with van der Waals surface area (Å²) in [4.78, 5) is 54.0. The Bertz CT molecular complexity index is 1630. The number of para-hydroxylation sites is 1. The third-order valence-corrected chi connectivity index (χ3v) is 8.20. The first kappa shape index (κ1) is 31.6. The van der Waals surface area contributed by atoms with Gasteiger partial charge in [-0.25, -0.2) is 4.79 Å². The van der Waals surface area contributed by atoms with E-state index in [4.69, 9.17) is 18.9 Å². The van der Waals surface area contributed by atoms with E-state index in [0.717, 1.165) is 22.2 Å². The van der Waals surface area contributed by atoms with Crippen LogP contribution in [0.5, 0.6) is 5.75 Å². The summed E-state index contributed by atoms with van der Waals surface area (Å²) in [5.74, 6) is -3.27. The zero-order valence-electron chi connectivity index (χ0n) is 24.5. The smallest absolute Gasteiger partial charge is 0.355 e. The number of carboxylic acid groups (broad SMARTS) is 1. The zero-order chi connectivity index (χ0) is 32.1. The van der Waals surface area contributed by atoms with Gasteiger partial charge in [0.25, 0.3) is 17.5 Å². The Morgan fingerprint density at radius 2 is 2.04 bits per heavy atom. The van der Waals surface area contributed by atoms with E-state index in [9.17, 15) is 24.3 Å². The second-order valence-corrected chi connectivity index (χ2v) is 11.2. The summed E-state index contributed by atoms with van der Waals surface area (Å²) in [6.07, 6.45) is -1.76. The molecule has 0 spiro atoms. The predicted octanol–water partition coefficient (Wildman–Crippen LogP) is 1.81. The van der Waals surface area contributed by atoms with Gasteiger partial charge in [0.05, 0.1) is 25.2 Å². The minimum Gasteiger partial charge on any atom is -0.493 e. The molecule has 1 unspecified atom stereocenters. The standard InChI is InChI=1S/C29H30N6O9S/c1-4-42-20-11-6-5-10-18(20)24(38)30-29(41-3)26(40)35-23(25(39)43-14-17-9-7-8-16(2)12-17)19(15-44-27(29)35)21(13-22(36)37)45-28-31-33-34-32-28/h5-12,21,27H,4,13-15H2,1-3H3,(H,30,38)(H,36,37)(H,31,32,33,34)/t21?,27-,29+/m1/s1. The minimum atomic E-state index is -2.01. The lowest BCUT2D eigenvalue weighted by Crippen LogP contribution is -2.82. The van der Waals surface area contributed by atoms with Gasteiger partial charge in [-0.2, -0.15) is 5.21 Å². The number of β-lactam (4-membered cyclic amide) rings is 1. The van der Waals surface area contributed by atoms with Crippen molar-refractivity contribution in [3.63, 3.8) is 0 Å². The lowest BCUT2D eigenvalue weighted by Gasteiger charge is -2.56. The summed E-state index contributed by atoms with van der Waals surface area (Å²) in [7, 11) is 1.22. The van der Waals surface area contributed by atoms with Crippen LogP contribution in [0.4, 0.5) is 0 Å². The van der Waals surface area contributed by atoms with Crippen LogP contribution >= 0.6 is 11.8 Å². The highest BCUT2D eigenvalue weighted by molar-refractivity contribution is 8.00. The quantitative estimate of drug-likeness (QED) is 0.106. The van der Waals surface area contributed by atoms with Gasteiger partial charge in [0, 0.05) is 17.9 Å². The first-order valence-electron chi connectivity index (χ1n) is 13.8. The van der Waals surface area contributed by atoms with E-state index in [1.54, 1.807) is 31.2 Å². The van der Waals surface area contributed by atoms with Crippen molar-refractivity contribution < 1.29 is 43.2 Å². The molecule has 3 aromatic rings. The first-order valence-corrected chi connectivity index (χ1v) is 14.7. The summed E-state index contributed by atoms with van der Waals surface area (Å²) in [5.41, 5.74) is -0.250. The number of carbonyl (C=O) groups excluding carboxylic acids is 3. The molecule has 16 heteroatoms. The Labute approximate surface area is 261 Å². The van der Waals surface area contributed by atoms with Crippen molar-refractivity contribution in [2.45, 2.75) is 49.2 Å². The number of thioether (sulfide) groups is 1. The van der Waals surface area contributed by atoms with Crippen molar-refractivity contribution >= 4 is 35.5 Å². The Balaban J connectivity index is 1.49. The van der Waals surface area contributed by atoms with Crippen LogP contribution in [-0.4, -0.2) is 91.9 Å². The first-order chi connectivity index (χ1) is 21.7. The molecule has 3 atom stereocenters. The van der Waals surface area contributed by atoms with Gasteiger partial charge in [0.1, 0.15) is 18.1 Å². The molecule has 0 bridgehead atoms. The van der Waals surface area contributed by atoms with E-state index in [0.29, 0.717) is 17.9 Å². The van der Waals surface area contributed by atoms with Gasteiger partial charge in [-0.05, 0) is 36.8 Å². The van der Waals surface area contributed by atoms with Crippen molar-refractivity contribution in [3.05, 3.63) is 76.5 Å². The number of aryl methyl sites for hydroxylation is 1. The van der Waals surface area contributed by atoms with Gasteiger partial charge >= 0.3 is 11.9 Å². The summed E-state index contributed by atoms with van der Waals surface area (Å²) >= 11 is 0.921. The Hall–Kier alpha value is -4.80. The van der Waals surface area contributed by atoms with E-state index in [2.05, 4.69) is 25.9 Å². The van der Waals surface area contributed by atoms with Gasteiger partial charge in [-0.15, -0.1) is 10.2 Å². The maximum absolute atomic E-state index is 13.9. The van der Waals surface area contributed by atoms with Gasteiger partial charge < -0.3 is 29.4 Å². The molecule has 5 rings (SSSR count). The van der Waals surface area contributed by atoms with Crippen molar-refractivity contribution in [1.29, 1.82) is 0 Å². The number of fused-ring (bicyclic) bond motifs is 1. The number of hydrogen-bond acceptors (Lipinski definition) is 12. The molecule has 15 nitrogen and oxygen atoms in total. The van der Waals surface area contributed by atoms with Crippen molar-refractivity contribution in [3.8, 4) is 5.75 Å². The fourth-order valence-electron chi connectivity index (χ4n) is 5.05. The van der Waals surface area contributed by atoms with Crippen LogP contribution in [0, 0.1) is 6.92 Å². The molecule has 1 aromatic heterocycles. The number of aromatic amines is 1. The fraction of sp³-hybridized carbons (Fsp3) is 0.345. The number of methoxy groups -OCH3 is 1. The van der Waals surface area contributed by atoms with Gasteiger partial charge in [-0.1, -0.05) is 53.7 Å². The Morgan fingerprint density at radius 1 is 1.24 bits per heavy atom. The molecule has 2 aromatic carbocycles. The highest BCUT2D eigenvalue weighted by atomic mass is 32.2. The van der Waals surface area contributed by atoms with Gasteiger partial charge in [0.15, 0.2) is 6.23 Å². The predicted molar refractivity (Wildman–Crippen MR) is 155 cm³/mol. The van der Waals surface area contributed by atoms with Crippen LogP contribution in [0.3, 0.4) is 0 Å². The number of benzene rings is 2. The lowest BCUT2D eigenvalue weighted by molar-refractivity contribution is -0.256. The summed E-state index contributed by atoms with van der Waals surface area (Å²) < 4.78 is 22.8. The lowest BCUT2D eigenvalue weighted by atomic mass is 9.92. The molecule has 2 aliphatic heterocycles. The number of aromatic nitrogens is 4. The molecule has 2 aliphatic rings. The molecule has 1 saturated heterocycles. The second kappa shape index (κ2) is 13.5. The summed E-state index contributed by atoms with van der Waals surface area (Å²) in [6.45, 7) is 3.55. The van der Waals surface area contributed by atoms with E-state index in [1.165, 1.54) is 13.2 Å². The summed E-state index contributed by atoms with van der Waals surface area (Å²) in [6, 6.07) is 13.8. The summed E-state index contributed by atoms with van der Waals surface area (Å²) in [5, 5.41) is 25.0. The van der Waals surface area contributed by atoms with E-state index in [-0.39, 0.29) is 35.2 Å². The number of amides is 2. The number of ether oxygens (including phenoxy) is 4. The molecule has 1 fully saturated rings. The molecular formula is C29H30N6O9S. The number of rotatable bonds is 13. The molecule has 0 aliphatic carbocycles. The third-order valence-electron chi connectivity index (χ3n) is 7.08. The SMILES string of the molecule is CCOc1ccccc1C(=O)N[C@]1(OC)C(=O)N2C(C(=O)OCc3cccc(C)c3)=C(C(CC(=O)O)Sc3nn[nH]n3)CO[C@@H]21.